The fourth-order valence-corrected chi connectivity index (χ4v) is 1.47. The lowest BCUT2D eigenvalue weighted by Gasteiger charge is -2.40. The van der Waals surface area contributed by atoms with Crippen molar-refractivity contribution in [3.63, 3.8) is 0 Å². The Morgan fingerprint density at radius 1 is 1.69 bits per heavy atom. The van der Waals surface area contributed by atoms with E-state index in [9.17, 15) is 0 Å². The summed E-state index contributed by atoms with van der Waals surface area (Å²) in [7, 11) is 1.68. The Balaban J connectivity index is 2.21. The van der Waals surface area contributed by atoms with Gasteiger partial charge in [0.1, 0.15) is 5.54 Å². The van der Waals surface area contributed by atoms with Gasteiger partial charge in [-0.05, 0) is 6.92 Å². The van der Waals surface area contributed by atoms with Crippen LogP contribution in [-0.2, 0) is 15.0 Å². The van der Waals surface area contributed by atoms with E-state index in [4.69, 9.17) is 9.47 Å². The maximum absolute atomic E-state index is 5.19. The molecule has 0 atom stereocenters. The van der Waals surface area contributed by atoms with Crippen LogP contribution in [0.4, 0.5) is 0 Å². The van der Waals surface area contributed by atoms with Crippen LogP contribution in [0.1, 0.15) is 5.69 Å². The maximum atomic E-state index is 5.19. The fraction of sp³-hybridized carbons (Fsp3) is 0.750. The van der Waals surface area contributed by atoms with Crippen molar-refractivity contribution >= 4 is 0 Å². The topological polar surface area (TPSA) is 49.2 Å². The second kappa shape index (κ2) is 3.08. The number of hydrogen-bond acceptors (Lipinski definition) is 4. The normalized spacial score (nSPS) is 19.8. The molecule has 0 radical (unpaired) electrons. The van der Waals surface area contributed by atoms with Crippen molar-refractivity contribution in [2.45, 2.75) is 12.5 Å². The van der Waals surface area contributed by atoms with E-state index >= 15 is 0 Å². The number of nitrogens with zero attached hydrogens (tertiary/aromatic N) is 3. The molecule has 0 aliphatic carbocycles. The lowest BCUT2D eigenvalue weighted by molar-refractivity contribution is -0.137. The van der Waals surface area contributed by atoms with E-state index in [0.29, 0.717) is 19.8 Å². The maximum Gasteiger partial charge on any atom is 0.134 e. The van der Waals surface area contributed by atoms with Crippen molar-refractivity contribution in [3.05, 3.63) is 11.9 Å². The molecule has 5 heteroatoms. The molecule has 0 N–H and O–H groups in total. The highest BCUT2D eigenvalue weighted by Gasteiger charge is 2.41. The molecule has 1 aromatic rings. The quantitative estimate of drug-likeness (QED) is 0.659. The van der Waals surface area contributed by atoms with Gasteiger partial charge < -0.3 is 9.47 Å². The molecule has 1 aromatic heterocycles. The van der Waals surface area contributed by atoms with Crippen LogP contribution in [0.15, 0.2) is 6.20 Å². The Hall–Kier alpha value is -0.940. The molecule has 1 fully saturated rings. The average molecular weight is 183 g/mol. The third kappa shape index (κ3) is 1.34. The molecule has 13 heavy (non-hydrogen) atoms. The zero-order valence-corrected chi connectivity index (χ0v) is 7.86. The predicted molar refractivity (Wildman–Crippen MR) is 45.4 cm³/mol. The molecule has 5 nitrogen and oxygen atoms in total. The predicted octanol–water partition coefficient (Wildman–Crippen LogP) is -0.0416. The van der Waals surface area contributed by atoms with E-state index < -0.39 is 0 Å². The van der Waals surface area contributed by atoms with Crippen molar-refractivity contribution in [2.75, 3.05) is 26.9 Å². The van der Waals surface area contributed by atoms with Crippen LogP contribution in [-0.4, -0.2) is 41.9 Å². The van der Waals surface area contributed by atoms with E-state index in [1.54, 1.807) is 7.11 Å². The summed E-state index contributed by atoms with van der Waals surface area (Å²) in [6.07, 6.45) is 1.92. The van der Waals surface area contributed by atoms with Gasteiger partial charge in [0.25, 0.3) is 0 Å². The molecule has 0 bridgehead atoms. The van der Waals surface area contributed by atoms with Crippen molar-refractivity contribution in [2.24, 2.45) is 0 Å². The molecule has 0 saturated carbocycles. The van der Waals surface area contributed by atoms with Gasteiger partial charge in [-0.2, -0.15) is 0 Å². The zero-order chi connectivity index (χ0) is 9.31. The number of ether oxygens (including phenoxy) is 2. The van der Waals surface area contributed by atoms with Gasteiger partial charge in [-0.25, -0.2) is 4.68 Å². The molecule has 0 unspecified atom stereocenters. The van der Waals surface area contributed by atoms with Gasteiger partial charge in [-0.15, -0.1) is 5.10 Å². The molecule has 0 amide bonds. The summed E-state index contributed by atoms with van der Waals surface area (Å²) in [5.74, 6) is 0. The Bertz CT molecular complexity index is 293. The van der Waals surface area contributed by atoms with Gasteiger partial charge in [0, 0.05) is 13.3 Å². The smallest absolute Gasteiger partial charge is 0.134 e. The largest absolute Gasteiger partial charge is 0.382 e. The minimum absolute atomic E-state index is 0.115. The summed E-state index contributed by atoms with van der Waals surface area (Å²) in [4.78, 5) is 0. The molecular weight excluding hydrogens is 170 g/mol. The highest BCUT2D eigenvalue weighted by Crippen LogP contribution is 2.25. The van der Waals surface area contributed by atoms with Crippen LogP contribution in [0.5, 0.6) is 0 Å². The minimum Gasteiger partial charge on any atom is -0.382 e. The summed E-state index contributed by atoms with van der Waals surface area (Å²) in [5, 5.41) is 7.98. The van der Waals surface area contributed by atoms with Crippen LogP contribution < -0.4 is 0 Å². The van der Waals surface area contributed by atoms with Crippen LogP contribution in [0.2, 0.25) is 0 Å². The molecule has 1 saturated heterocycles. The number of aromatic nitrogens is 3. The SMILES string of the molecule is COCC1(n2cc(C)nn2)COC1. The van der Waals surface area contributed by atoms with Crippen molar-refractivity contribution in [1.29, 1.82) is 0 Å². The lowest BCUT2D eigenvalue weighted by atomic mass is 9.99. The number of aryl methyl sites for hydroxylation is 1. The Morgan fingerprint density at radius 2 is 2.46 bits per heavy atom. The summed E-state index contributed by atoms with van der Waals surface area (Å²) in [5.41, 5.74) is 0.804. The molecule has 0 aromatic carbocycles. The van der Waals surface area contributed by atoms with Crippen LogP contribution in [0, 0.1) is 6.92 Å². The monoisotopic (exact) mass is 183 g/mol. The van der Waals surface area contributed by atoms with Crippen molar-refractivity contribution in [1.82, 2.24) is 15.0 Å². The van der Waals surface area contributed by atoms with Gasteiger partial charge >= 0.3 is 0 Å². The number of rotatable bonds is 3. The summed E-state index contributed by atoms with van der Waals surface area (Å²) in [6, 6.07) is 0. The van der Waals surface area contributed by atoms with Gasteiger partial charge in [0.15, 0.2) is 0 Å². The van der Waals surface area contributed by atoms with E-state index in [1.807, 2.05) is 17.8 Å². The van der Waals surface area contributed by atoms with E-state index in [2.05, 4.69) is 10.3 Å². The van der Waals surface area contributed by atoms with Gasteiger partial charge in [-0.3, -0.25) is 0 Å². The van der Waals surface area contributed by atoms with Crippen LogP contribution in [0.3, 0.4) is 0 Å². The molecule has 2 rings (SSSR count). The highest BCUT2D eigenvalue weighted by atomic mass is 16.5. The summed E-state index contributed by atoms with van der Waals surface area (Å²) >= 11 is 0. The van der Waals surface area contributed by atoms with Crippen LogP contribution >= 0.6 is 0 Å². The molecule has 1 aliphatic rings. The number of methoxy groups -OCH3 is 1. The highest BCUT2D eigenvalue weighted by molar-refractivity contribution is 4.97. The molecular formula is C8H13N3O2. The fourth-order valence-electron chi connectivity index (χ4n) is 1.47. The Morgan fingerprint density at radius 3 is 2.85 bits per heavy atom. The first-order valence-electron chi connectivity index (χ1n) is 4.23. The van der Waals surface area contributed by atoms with E-state index in [0.717, 1.165) is 5.69 Å². The van der Waals surface area contributed by atoms with E-state index in [1.165, 1.54) is 0 Å². The molecule has 72 valence electrons. The van der Waals surface area contributed by atoms with Crippen molar-refractivity contribution < 1.29 is 9.47 Å². The Labute approximate surface area is 76.6 Å². The first kappa shape index (κ1) is 8.65. The van der Waals surface area contributed by atoms with Crippen LogP contribution in [0.25, 0.3) is 0 Å². The second-order valence-electron chi connectivity index (χ2n) is 3.45. The molecule has 2 heterocycles. The molecule has 1 aliphatic heterocycles. The Kier molecular flexibility index (Phi) is 2.05. The summed E-state index contributed by atoms with van der Waals surface area (Å²) in [6.45, 7) is 3.85. The average Bonchev–Trinajstić information content (AvgIpc) is 2.44. The second-order valence-corrected chi connectivity index (χ2v) is 3.45. The lowest BCUT2D eigenvalue weighted by Crippen LogP contribution is -2.55. The minimum atomic E-state index is -0.115. The third-order valence-corrected chi connectivity index (χ3v) is 2.25. The molecule has 0 spiro atoms. The first-order valence-corrected chi connectivity index (χ1v) is 4.23. The number of hydrogen-bond donors (Lipinski definition) is 0. The van der Waals surface area contributed by atoms with Gasteiger partial charge in [-0.1, -0.05) is 5.21 Å². The summed E-state index contributed by atoms with van der Waals surface area (Å²) < 4.78 is 12.2. The first-order chi connectivity index (χ1) is 6.27. The van der Waals surface area contributed by atoms with Gasteiger partial charge in [0.05, 0.1) is 25.5 Å². The van der Waals surface area contributed by atoms with Gasteiger partial charge in [0.2, 0.25) is 0 Å². The third-order valence-electron chi connectivity index (χ3n) is 2.25. The van der Waals surface area contributed by atoms with E-state index in [-0.39, 0.29) is 5.54 Å². The van der Waals surface area contributed by atoms with Crippen molar-refractivity contribution in [3.8, 4) is 0 Å². The zero-order valence-electron chi connectivity index (χ0n) is 7.86. The standard InChI is InChI=1S/C8H13N3O2/c1-7-3-11(10-9-7)8(4-12-2)5-13-6-8/h3H,4-6H2,1-2H3.